The first-order valence-electron chi connectivity index (χ1n) is 27.1. The van der Waals surface area contributed by atoms with Gasteiger partial charge in [0, 0.05) is 105 Å². The Labute approximate surface area is 439 Å². The lowest BCUT2D eigenvalue weighted by Gasteiger charge is -2.39. The second-order valence-electron chi connectivity index (χ2n) is 22.3. The maximum Gasteiger partial charge on any atom is 0.341 e. The number of hydrogen-bond acceptors (Lipinski definition) is 8. The number of benzene rings is 3. The standard InChI is InChI=1S/C34H40N4O3.C27H34N4O3/c1-4-23-17-28(34(40)41)33(39)35-32(23)24-13-14-30-26(15-24)16-27(37(30)3)20-38-19-25-11-8-12-31(29(25)21-38)36(2)18-22-9-6-5-7-10-22;1-5-16-12-21(27(33)34)26(32)28-25(16)17-6-8-23-19(10-17)11-20(30(23)4)14-31-13-18-7-9-24(29(2)3)22(18)15-31/h5-7,9-10,13-17,25,29,31H,4,8,11-12,18-21H2,1-3H3,(H,35,39)(H,40,41);6,8,10-12,18,22,24H,5,7,9,13-15H2,1-4H3,(H,28,32)(H,33,34)/t25-,29+,31-;18-,22+,24-/m11/s1. The van der Waals surface area contributed by atoms with Gasteiger partial charge in [0.15, 0.2) is 0 Å². The van der Waals surface area contributed by atoms with Gasteiger partial charge in [0.1, 0.15) is 11.1 Å². The van der Waals surface area contributed by atoms with Crippen LogP contribution >= 0.6 is 0 Å². The van der Waals surface area contributed by atoms with Gasteiger partial charge in [-0.15, -0.1) is 0 Å². The summed E-state index contributed by atoms with van der Waals surface area (Å²) >= 11 is 0. The van der Waals surface area contributed by atoms with Crippen molar-refractivity contribution >= 4 is 33.7 Å². The Hall–Kier alpha value is -6.58. The molecule has 4 aromatic heterocycles. The van der Waals surface area contributed by atoms with Crippen molar-refractivity contribution in [2.45, 2.75) is 90.5 Å². The predicted molar refractivity (Wildman–Crippen MR) is 297 cm³/mol. The van der Waals surface area contributed by atoms with Gasteiger partial charge < -0.3 is 34.2 Å². The largest absolute Gasteiger partial charge is 0.477 e. The highest BCUT2D eigenvalue weighted by Crippen LogP contribution is 2.42. The van der Waals surface area contributed by atoms with Crippen LogP contribution in [0.5, 0.6) is 0 Å². The second kappa shape index (κ2) is 21.6. The van der Waals surface area contributed by atoms with Crippen molar-refractivity contribution in [3.63, 3.8) is 0 Å². The zero-order chi connectivity index (χ0) is 52.8. The summed E-state index contributed by atoms with van der Waals surface area (Å²) in [5.74, 6) is 0.643. The van der Waals surface area contributed by atoms with E-state index in [1.165, 1.54) is 67.7 Å². The molecule has 4 N–H and O–H groups in total. The number of carbonyl (C=O) groups is 2. The molecule has 394 valence electrons. The van der Waals surface area contributed by atoms with Crippen LogP contribution in [0.3, 0.4) is 0 Å². The van der Waals surface area contributed by atoms with Crippen LogP contribution in [0.15, 0.2) is 101 Å². The minimum absolute atomic E-state index is 0.212. The van der Waals surface area contributed by atoms with E-state index >= 15 is 0 Å². The Balaban J connectivity index is 0.000000174. The van der Waals surface area contributed by atoms with E-state index in [-0.39, 0.29) is 11.1 Å². The molecule has 2 aliphatic heterocycles. The molecular formula is C61H74N8O6. The van der Waals surface area contributed by atoms with Crippen LogP contribution < -0.4 is 11.1 Å². The molecule has 0 amide bonds. The van der Waals surface area contributed by atoms with Gasteiger partial charge in [-0.3, -0.25) is 24.3 Å². The second-order valence-corrected chi connectivity index (χ2v) is 22.3. The van der Waals surface area contributed by atoms with E-state index in [9.17, 15) is 29.4 Å². The van der Waals surface area contributed by atoms with Crippen LogP contribution in [0.4, 0.5) is 0 Å². The van der Waals surface area contributed by atoms with Crippen LogP contribution in [-0.2, 0) is 46.6 Å². The number of pyridine rings is 2. The number of fused-ring (bicyclic) bond motifs is 4. The smallest absolute Gasteiger partial charge is 0.341 e. The highest BCUT2D eigenvalue weighted by molar-refractivity contribution is 5.91. The number of aryl methyl sites for hydroxylation is 4. The van der Waals surface area contributed by atoms with Gasteiger partial charge in [-0.25, -0.2) is 9.59 Å². The quantitative estimate of drug-likeness (QED) is 0.0827. The lowest BCUT2D eigenvalue weighted by molar-refractivity contribution is 0.0684. The van der Waals surface area contributed by atoms with Crippen LogP contribution in [0.25, 0.3) is 44.3 Å². The monoisotopic (exact) mass is 1010 g/mol. The van der Waals surface area contributed by atoms with Crippen molar-refractivity contribution in [1.82, 2.24) is 38.7 Å². The summed E-state index contributed by atoms with van der Waals surface area (Å²) in [6, 6.07) is 32.1. The molecule has 4 aliphatic rings. The number of carboxylic acid groups (broad SMARTS) is 2. The molecule has 2 saturated carbocycles. The van der Waals surface area contributed by atoms with Gasteiger partial charge in [0.25, 0.3) is 11.1 Å². The topological polar surface area (TPSA) is 163 Å². The van der Waals surface area contributed by atoms with Crippen molar-refractivity contribution in [1.29, 1.82) is 0 Å². The van der Waals surface area contributed by atoms with E-state index in [1.54, 1.807) is 0 Å². The van der Waals surface area contributed by atoms with E-state index in [0.29, 0.717) is 42.2 Å². The molecule has 14 heteroatoms. The zero-order valence-corrected chi connectivity index (χ0v) is 44.7. The van der Waals surface area contributed by atoms with Crippen LogP contribution in [0.1, 0.15) is 94.7 Å². The Morgan fingerprint density at radius 1 is 0.600 bits per heavy atom. The van der Waals surface area contributed by atoms with Crippen LogP contribution in [-0.4, -0.2) is 120 Å². The number of hydrogen-bond donors (Lipinski definition) is 4. The van der Waals surface area contributed by atoms with Crippen LogP contribution in [0.2, 0.25) is 0 Å². The van der Waals surface area contributed by atoms with Crippen molar-refractivity contribution < 1.29 is 19.8 Å². The average Bonchev–Trinajstić information content (AvgIpc) is 4.24. The zero-order valence-electron chi connectivity index (χ0n) is 44.7. The maximum absolute atomic E-state index is 12.5. The van der Waals surface area contributed by atoms with Crippen LogP contribution in [0, 0.1) is 23.7 Å². The molecular weight excluding hydrogens is 941 g/mol. The SMILES string of the molecule is CCc1cc(C(=O)O)c(=O)[nH]c1-c1ccc2c(c1)cc(CN1C[C@H]3CCC[C@@H](N(C)Cc4ccccc4)[C@H]3C1)n2C.CCc1cc(C(=O)O)c(=O)[nH]c1-c1ccc2c(c1)cc(CN1C[C@H]3CC[C@@H](N(C)C)[C@H]3C1)n2C. The summed E-state index contributed by atoms with van der Waals surface area (Å²) in [6.07, 6.45) is 7.84. The van der Waals surface area contributed by atoms with E-state index in [1.807, 2.05) is 26.0 Å². The number of aromatic nitrogens is 4. The third-order valence-corrected chi connectivity index (χ3v) is 17.6. The Kier molecular flexibility index (Phi) is 14.9. The Morgan fingerprint density at radius 3 is 1.57 bits per heavy atom. The van der Waals surface area contributed by atoms with Crippen molar-refractivity contribution in [3.8, 4) is 22.5 Å². The van der Waals surface area contributed by atoms with Crippen molar-refractivity contribution in [2.24, 2.45) is 37.8 Å². The summed E-state index contributed by atoms with van der Waals surface area (Å²) in [5, 5.41) is 20.9. The predicted octanol–water partition coefficient (Wildman–Crippen LogP) is 9.09. The molecule has 14 nitrogen and oxygen atoms in total. The fourth-order valence-electron chi connectivity index (χ4n) is 13.7. The first kappa shape index (κ1) is 51.9. The summed E-state index contributed by atoms with van der Waals surface area (Å²) < 4.78 is 4.56. The minimum Gasteiger partial charge on any atom is -0.477 e. The molecule has 0 radical (unpaired) electrons. The molecule has 0 bridgehead atoms. The van der Waals surface area contributed by atoms with Crippen molar-refractivity contribution in [3.05, 3.63) is 151 Å². The number of carboxylic acids is 2. The number of nitrogens with one attached hydrogen (secondary N) is 2. The van der Waals surface area contributed by atoms with Gasteiger partial charge >= 0.3 is 11.9 Å². The maximum atomic E-state index is 12.5. The average molecular weight is 1020 g/mol. The summed E-state index contributed by atoms with van der Waals surface area (Å²) in [4.78, 5) is 63.6. The molecule has 75 heavy (non-hydrogen) atoms. The first-order valence-corrected chi connectivity index (χ1v) is 27.1. The Morgan fingerprint density at radius 2 is 1.09 bits per heavy atom. The number of likely N-dealkylation sites (tertiary alicyclic amines) is 2. The number of aromatic carboxylic acids is 2. The minimum atomic E-state index is -1.20. The lowest BCUT2D eigenvalue weighted by Crippen LogP contribution is -2.43. The van der Waals surface area contributed by atoms with E-state index < -0.39 is 23.1 Å². The number of nitrogens with zero attached hydrogens (tertiary/aromatic N) is 6. The Bertz CT molecular complexity index is 3370. The number of H-pyrrole nitrogens is 2. The molecule has 0 spiro atoms. The van der Waals surface area contributed by atoms with Gasteiger partial charge in [0.05, 0.1) is 11.4 Å². The van der Waals surface area contributed by atoms with Gasteiger partial charge in [0.2, 0.25) is 0 Å². The highest BCUT2D eigenvalue weighted by atomic mass is 16.4. The normalized spacial score (nSPS) is 21.8. The molecule has 11 rings (SSSR count). The number of rotatable bonds is 14. The summed E-state index contributed by atoms with van der Waals surface area (Å²) in [6.45, 7) is 11.4. The summed E-state index contributed by atoms with van der Waals surface area (Å²) in [5.41, 5.74) is 9.57. The van der Waals surface area contributed by atoms with E-state index in [2.05, 4.69) is 141 Å². The molecule has 6 heterocycles. The third kappa shape index (κ3) is 10.4. The first-order chi connectivity index (χ1) is 36.1. The molecule has 0 unspecified atom stereocenters. The van der Waals surface area contributed by atoms with Crippen molar-refractivity contribution in [2.75, 3.05) is 47.3 Å². The van der Waals surface area contributed by atoms with Gasteiger partial charge in [-0.2, -0.15) is 0 Å². The van der Waals surface area contributed by atoms with E-state index in [0.717, 1.165) is 101 Å². The lowest BCUT2D eigenvalue weighted by atomic mass is 9.77. The molecule has 2 saturated heterocycles. The van der Waals surface area contributed by atoms with E-state index in [4.69, 9.17) is 0 Å². The molecule has 4 fully saturated rings. The molecule has 2 aliphatic carbocycles. The highest BCUT2D eigenvalue weighted by Gasteiger charge is 2.44. The summed E-state index contributed by atoms with van der Waals surface area (Å²) in [7, 11) is 11.0. The number of aromatic amines is 2. The van der Waals surface area contributed by atoms with Gasteiger partial charge in [-0.05, 0) is 160 Å². The molecule has 3 aromatic carbocycles. The fourth-order valence-corrected chi connectivity index (χ4v) is 13.7. The molecule has 6 atom stereocenters. The fraction of sp³-hybridized carbons (Fsp3) is 0.443. The van der Waals surface area contributed by atoms with Gasteiger partial charge in [-0.1, -0.05) is 62.7 Å². The third-order valence-electron chi connectivity index (χ3n) is 17.6. The molecule has 7 aromatic rings.